The van der Waals surface area contributed by atoms with E-state index in [1.165, 1.54) is 0 Å². The standard InChI is InChI=1S/C15H20O2S/c1-11(2)17-13-7-5-12(6-8-13)14(16)15(3)9-4-10-18-15/h5-8,11H,4,9-10H2,1-3H3. The Bertz CT molecular complexity index is 417. The quantitative estimate of drug-likeness (QED) is 0.770. The molecule has 0 aliphatic carbocycles. The minimum Gasteiger partial charge on any atom is -0.491 e. The predicted octanol–water partition coefficient (Wildman–Crippen LogP) is 3.94. The minimum absolute atomic E-state index is 0.162. The van der Waals surface area contributed by atoms with Crippen molar-refractivity contribution in [2.24, 2.45) is 0 Å². The maximum absolute atomic E-state index is 12.4. The Kier molecular flexibility index (Phi) is 4.00. The van der Waals surface area contributed by atoms with Gasteiger partial charge in [-0.15, -0.1) is 11.8 Å². The van der Waals surface area contributed by atoms with Crippen molar-refractivity contribution in [3.05, 3.63) is 29.8 Å². The van der Waals surface area contributed by atoms with E-state index in [4.69, 9.17) is 4.74 Å². The molecule has 0 radical (unpaired) electrons. The van der Waals surface area contributed by atoms with Gasteiger partial charge in [-0.3, -0.25) is 4.79 Å². The van der Waals surface area contributed by atoms with Crippen molar-refractivity contribution < 1.29 is 9.53 Å². The van der Waals surface area contributed by atoms with Crippen molar-refractivity contribution in [2.45, 2.75) is 44.5 Å². The van der Waals surface area contributed by atoms with Crippen LogP contribution in [-0.2, 0) is 0 Å². The minimum atomic E-state index is -0.222. The Balaban J connectivity index is 2.12. The van der Waals surface area contributed by atoms with Gasteiger partial charge in [-0.1, -0.05) is 0 Å². The van der Waals surface area contributed by atoms with Gasteiger partial charge >= 0.3 is 0 Å². The van der Waals surface area contributed by atoms with Gasteiger partial charge in [0, 0.05) is 5.56 Å². The molecule has 1 unspecified atom stereocenters. The average molecular weight is 264 g/mol. The third-order valence-corrected chi connectivity index (χ3v) is 4.71. The zero-order chi connectivity index (χ0) is 13.2. The van der Waals surface area contributed by atoms with Gasteiger partial charge in [-0.05, 0) is 63.6 Å². The Morgan fingerprint density at radius 3 is 2.50 bits per heavy atom. The highest BCUT2D eigenvalue weighted by Crippen LogP contribution is 2.40. The molecule has 1 saturated heterocycles. The molecule has 18 heavy (non-hydrogen) atoms. The number of carbonyl (C=O) groups is 1. The third-order valence-electron chi connectivity index (χ3n) is 3.19. The second-order valence-electron chi connectivity index (χ2n) is 5.20. The summed E-state index contributed by atoms with van der Waals surface area (Å²) in [4.78, 5) is 12.4. The molecule has 0 spiro atoms. The summed E-state index contributed by atoms with van der Waals surface area (Å²) in [7, 11) is 0. The molecule has 1 heterocycles. The summed E-state index contributed by atoms with van der Waals surface area (Å²) in [6.07, 6.45) is 2.29. The summed E-state index contributed by atoms with van der Waals surface area (Å²) >= 11 is 1.78. The molecule has 1 fully saturated rings. The molecule has 2 rings (SSSR count). The van der Waals surface area contributed by atoms with Crippen LogP contribution in [0.15, 0.2) is 24.3 Å². The fourth-order valence-corrected chi connectivity index (χ4v) is 3.50. The van der Waals surface area contributed by atoms with Gasteiger partial charge in [0.05, 0.1) is 10.9 Å². The lowest BCUT2D eigenvalue weighted by Crippen LogP contribution is -2.28. The van der Waals surface area contributed by atoms with Gasteiger partial charge in [0.15, 0.2) is 5.78 Å². The fourth-order valence-electron chi connectivity index (χ4n) is 2.22. The average Bonchev–Trinajstić information content (AvgIpc) is 2.77. The maximum atomic E-state index is 12.4. The van der Waals surface area contributed by atoms with Gasteiger partial charge < -0.3 is 4.74 Å². The van der Waals surface area contributed by atoms with Gasteiger partial charge in [0.1, 0.15) is 5.75 Å². The zero-order valence-electron chi connectivity index (χ0n) is 11.2. The second-order valence-corrected chi connectivity index (χ2v) is 6.80. The SMILES string of the molecule is CC(C)Oc1ccc(C(=O)C2(C)CCCS2)cc1. The van der Waals surface area contributed by atoms with Gasteiger partial charge in [-0.2, -0.15) is 0 Å². The van der Waals surface area contributed by atoms with E-state index >= 15 is 0 Å². The monoisotopic (exact) mass is 264 g/mol. The molecule has 1 aliphatic rings. The van der Waals surface area contributed by atoms with Crippen LogP contribution in [0, 0.1) is 0 Å². The van der Waals surface area contributed by atoms with Crippen LogP contribution in [0.1, 0.15) is 44.0 Å². The van der Waals surface area contributed by atoms with E-state index in [0.717, 1.165) is 29.9 Å². The summed E-state index contributed by atoms with van der Waals surface area (Å²) in [6, 6.07) is 7.53. The molecule has 98 valence electrons. The number of rotatable bonds is 4. The molecule has 1 aromatic rings. The lowest BCUT2D eigenvalue weighted by Gasteiger charge is -2.21. The molecule has 0 amide bonds. The first-order valence-corrected chi connectivity index (χ1v) is 7.45. The lowest BCUT2D eigenvalue weighted by molar-refractivity contribution is 0.0949. The van der Waals surface area contributed by atoms with Gasteiger partial charge in [-0.25, -0.2) is 0 Å². The second kappa shape index (κ2) is 5.35. The number of thioether (sulfide) groups is 1. The summed E-state index contributed by atoms with van der Waals surface area (Å²) in [6.45, 7) is 6.05. The predicted molar refractivity (Wildman–Crippen MR) is 76.6 cm³/mol. The topological polar surface area (TPSA) is 26.3 Å². The third kappa shape index (κ3) is 2.89. The lowest BCUT2D eigenvalue weighted by atomic mass is 9.95. The Labute approximate surface area is 113 Å². The number of hydrogen-bond donors (Lipinski definition) is 0. The Morgan fingerprint density at radius 2 is 2.00 bits per heavy atom. The number of benzene rings is 1. The molecule has 2 nitrogen and oxygen atoms in total. The zero-order valence-corrected chi connectivity index (χ0v) is 12.0. The normalized spacial score (nSPS) is 23.3. The number of carbonyl (C=O) groups excluding carboxylic acids is 1. The van der Waals surface area contributed by atoms with Crippen LogP contribution in [-0.4, -0.2) is 22.4 Å². The molecule has 1 aromatic carbocycles. The summed E-state index contributed by atoms with van der Waals surface area (Å²) in [5, 5.41) is 0. The van der Waals surface area contributed by atoms with Crippen LogP contribution in [0.5, 0.6) is 5.75 Å². The van der Waals surface area contributed by atoms with E-state index in [2.05, 4.69) is 6.92 Å². The van der Waals surface area contributed by atoms with E-state index in [0.29, 0.717) is 0 Å². The summed E-state index contributed by atoms with van der Waals surface area (Å²) < 4.78 is 5.36. The van der Waals surface area contributed by atoms with E-state index < -0.39 is 0 Å². The smallest absolute Gasteiger partial charge is 0.178 e. The van der Waals surface area contributed by atoms with Crippen molar-refractivity contribution in [1.29, 1.82) is 0 Å². The summed E-state index contributed by atoms with van der Waals surface area (Å²) in [5.41, 5.74) is 0.794. The largest absolute Gasteiger partial charge is 0.491 e. The molecule has 0 bridgehead atoms. The first-order chi connectivity index (χ1) is 8.51. The highest BCUT2D eigenvalue weighted by molar-refractivity contribution is 8.01. The van der Waals surface area contributed by atoms with Crippen LogP contribution >= 0.6 is 11.8 Å². The van der Waals surface area contributed by atoms with E-state index in [9.17, 15) is 4.79 Å². The molecular formula is C15H20O2S. The van der Waals surface area contributed by atoms with Crippen molar-refractivity contribution in [3.8, 4) is 5.75 Å². The van der Waals surface area contributed by atoms with Gasteiger partial charge in [0.25, 0.3) is 0 Å². The summed E-state index contributed by atoms with van der Waals surface area (Å²) in [5.74, 6) is 2.17. The van der Waals surface area contributed by atoms with Crippen LogP contribution in [0.25, 0.3) is 0 Å². The highest BCUT2D eigenvalue weighted by atomic mass is 32.2. The highest BCUT2D eigenvalue weighted by Gasteiger charge is 2.37. The van der Waals surface area contributed by atoms with Crippen molar-refractivity contribution >= 4 is 17.5 Å². The number of ketones is 1. The number of Topliss-reactive ketones (excluding diaryl/α,β-unsaturated/α-hetero) is 1. The molecule has 1 atom stereocenters. The first-order valence-electron chi connectivity index (χ1n) is 6.47. The van der Waals surface area contributed by atoms with E-state index in [1.807, 2.05) is 38.1 Å². The van der Waals surface area contributed by atoms with Crippen molar-refractivity contribution in [3.63, 3.8) is 0 Å². The van der Waals surface area contributed by atoms with Crippen LogP contribution < -0.4 is 4.74 Å². The Hall–Kier alpha value is -0.960. The fraction of sp³-hybridized carbons (Fsp3) is 0.533. The maximum Gasteiger partial charge on any atom is 0.178 e. The van der Waals surface area contributed by atoms with Crippen molar-refractivity contribution in [2.75, 3.05) is 5.75 Å². The number of hydrogen-bond acceptors (Lipinski definition) is 3. The first kappa shape index (κ1) is 13.5. The van der Waals surface area contributed by atoms with Gasteiger partial charge in [0.2, 0.25) is 0 Å². The molecule has 0 aromatic heterocycles. The van der Waals surface area contributed by atoms with Crippen LogP contribution in [0.3, 0.4) is 0 Å². The molecule has 0 saturated carbocycles. The van der Waals surface area contributed by atoms with Crippen LogP contribution in [0.4, 0.5) is 0 Å². The van der Waals surface area contributed by atoms with E-state index in [1.54, 1.807) is 11.8 Å². The number of ether oxygens (including phenoxy) is 1. The van der Waals surface area contributed by atoms with Crippen LogP contribution in [0.2, 0.25) is 0 Å². The molecule has 0 N–H and O–H groups in total. The molecule has 3 heteroatoms. The molecular weight excluding hydrogens is 244 g/mol. The van der Waals surface area contributed by atoms with Crippen molar-refractivity contribution in [1.82, 2.24) is 0 Å². The molecule has 1 aliphatic heterocycles. The Morgan fingerprint density at radius 1 is 1.33 bits per heavy atom. The van der Waals surface area contributed by atoms with E-state index in [-0.39, 0.29) is 16.6 Å².